The molecule has 100 valence electrons. The van der Waals surface area contributed by atoms with Gasteiger partial charge in [-0.05, 0) is 24.6 Å². The Hall–Kier alpha value is -1.23. The van der Waals surface area contributed by atoms with Gasteiger partial charge in [0.05, 0.1) is 5.02 Å². The molecule has 0 atom stereocenters. The quantitative estimate of drug-likeness (QED) is 0.736. The van der Waals surface area contributed by atoms with Crippen molar-refractivity contribution >= 4 is 17.4 Å². The van der Waals surface area contributed by atoms with Crippen LogP contribution < -0.4 is 4.74 Å². The van der Waals surface area contributed by atoms with Gasteiger partial charge >= 0.3 is 6.36 Å². The zero-order valence-corrected chi connectivity index (χ0v) is 10.4. The molecule has 0 fully saturated rings. The van der Waals surface area contributed by atoms with Crippen LogP contribution in [-0.4, -0.2) is 12.1 Å². The van der Waals surface area contributed by atoms with Gasteiger partial charge in [-0.2, -0.15) is 0 Å². The number of hydrogen-bond donors (Lipinski definition) is 0. The van der Waals surface area contributed by atoms with Crippen molar-refractivity contribution in [2.24, 2.45) is 0 Å². The van der Waals surface area contributed by atoms with Gasteiger partial charge in [0, 0.05) is 12.0 Å². The van der Waals surface area contributed by atoms with Crippen molar-refractivity contribution in [1.82, 2.24) is 0 Å². The Morgan fingerprint density at radius 1 is 1.39 bits per heavy atom. The van der Waals surface area contributed by atoms with Crippen molar-refractivity contribution in [1.29, 1.82) is 0 Å². The van der Waals surface area contributed by atoms with Crippen LogP contribution in [0.3, 0.4) is 0 Å². The van der Waals surface area contributed by atoms with Gasteiger partial charge in [-0.25, -0.2) is 0 Å². The van der Waals surface area contributed by atoms with E-state index in [2.05, 4.69) is 4.74 Å². The fraction of sp³-hybridized carbons (Fsp3) is 0.417. The molecule has 1 rings (SSSR count). The minimum absolute atomic E-state index is 0.0619. The van der Waals surface area contributed by atoms with E-state index in [1.807, 2.05) is 6.92 Å². The van der Waals surface area contributed by atoms with Crippen molar-refractivity contribution < 1.29 is 22.7 Å². The molecule has 1 aromatic carbocycles. The summed E-state index contributed by atoms with van der Waals surface area (Å²) >= 11 is 5.78. The van der Waals surface area contributed by atoms with E-state index in [0.29, 0.717) is 6.42 Å². The molecule has 0 radical (unpaired) electrons. The normalized spacial score (nSPS) is 11.4. The second-order valence-corrected chi connectivity index (χ2v) is 4.12. The van der Waals surface area contributed by atoms with E-state index in [1.54, 1.807) is 0 Å². The Kier molecular flexibility index (Phi) is 5.02. The van der Waals surface area contributed by atoms with Crippen LogP contribution in [0.5, 0.6) is 5.75 Å². The molecule has 6 heteroatoms. The highest BCUT2D eigenvalue weighted by molar-refractivity contribution is 6.34. The Morgan fingerprint density at radius 2 is 2.06 bits per heavy atom. The number of Topliss-reactive ketones (excluding diaryl/α,β-unsaturated/α-hetero) is 1. The maximum Gasteiger partial charge on any atom is 0.573 e. The third-order valence-electron chi connectivity index (χ3n) is 2.23. The summed E-state index contributed by atoms with van der Waals surface area (Å²) in [5, 5.41) is 0.130. The molecule has 2 nitrogen and oxygen atoms in total. The molecule has 0 spiro atoms. The lowest BCUT2D eigenvalue weighted by atomic mass is 10.1. The first-order chi connectivity index (χ1) is 8.33. The first-order valence-electron chi connectivity index (χ1n) is 5.42. The van der Waals surface area contributed by atoms with E-state index >= 15 is 0 Å². The number of ether oxygens (including phenoxy) is 1. The molecular weight excluding hydrogens is 269 g/mol. The average molecular weight is 281 g/mol. The average Bonchev–Trinajstić information content (AvgIpc) is 2.26. The van der Waals surface area contributed by atoms with Crippen LogP contribution in [0, 0.1) is 0 Å². The molecule has 0 bridgehead atoms. The number of rotatable bonds is 5. The predicted molar refractivity (Wildman–Crippen MR) is 62.0 cm³/mol. The van der Waals surface area contributed by atoms with E-state index in [9.17, 15) is 18.0 Å². The van der Waals surface area contributed by atoms with Crippen LogP contribution in [0.1, 0.15) is 36.5 Å². The fourth-order valence-corrected chi connectivity index (χ4v) is 1.61. The molecule has 0 aliphatic carbocycles. The van der Waals surface area contributed by atoms with Gasteiger partial charge in [0.25, 0.3) is 0 Å². The zero-order valence-electron chi connectivity index (χ0n) is 9.68. The first kappa shape index (κ1) is 14.8. The number of unbranched alkanes of at least 4 members (excludes halogenated alkanes) is 1. The lowest BCUT2D eigenvalue weighted by molar-refractivity contribution is -0.274. The summed E-state index contributed by atoms with van der Waals surface area (Å²) in [6.07, 6.45) is -3.04. The van der Waals surface area contributed by atoms with Gasteiger partial charge in [-0.15, -0.1) is 13.2 Å². The summed E-state index contributed by atoms with van der Waals surface area (Å²) in [5.41, 5.74) is 0.0619. The number of hydrogen-bond acceptors (Lipinski definition) is 2. The number of carbonyl (C=O) groups is 1. The Labute approximate surface area is 108 Å². The van der Waals surface area contributed by atoms with Gasteiger partial charge in [-0.3, -0.25) is 4.79 Å². The molecule has 0 unspecified atom stereocenters. The summed E-state index contributed by atoms with van der Waals surface area (Å²) in [4.78, 5) is 11.7. The van der Waals surface area contributed by atoms with Crippen LogP contribution >= 0.6 is 11.6 Å². The molecule has 0 amide bonds. The van der Waals surface area contributed by atoms with Crippen molar-refractivity contribution in [2.45, 2.75) is 32.5 Å². The lowest BCUT2D eigenvalue weighted by Crippen LogP contribution is -2.17. The fourth-order valence-electron chi connectivity index (χ4n) is 1.39. The molecule has 1 aromatic rings. The third-order valence-corrected chi connectivity index (χ3v) is 2.56. The third kappa shape index (κ3) is 4.56. The first-order valence-corrected chi connectivity index (χ1v) is 5.79. The summed E-state index contributed by atoms with van der Waals surface area (Å²) in [6.45, 7) is 1.91. The van der Waals surface area contributed by atoms with E-state index < -0.39 is 12.1 Å². The molecule has 0 heterocycles. The van der Waals surface area contributed by atoms with Gasteiger partial charge in [0.15, 0.2) is 5.78 Å². The topological polar surface area (TPSA) is 26.3 Å². The molecule has 0 saturated heterocycles. The lowest BCUT2D eigenvalue weighted by Gasteiger charge is -2.10. The van der Waals surface area contributed by atoms with E-state index in [1.165, 1.54) is 6.07 Å². The number of ketones is 1. The minimum Gasteiger partial charge on any atom is -0.406 e. The molecule has 18 heavy (non-hydrogen) atoms. The summed E-state index contributed by atoms with van der Waals surface area (Å²) in [6, 6.07) is 3.32. The summed E-state index contributed by atoms with van der Waals surface area (Å²) < 4.78 is 39.9. The maximum atomic E-state index is 12.0. The van der Waals surface area contributed by atoms with Crippen molar-refractivity contribution in [3.05, 3.63) is 28.8 Å². The summed E-state index contributed by atoms with van der Waals surface area (Å²) in [5.74, 6) is -0.721. The Bertz CT molecular complexity index is 430. The number of benzene rings is 1. The van der Waals surface area contributed by atoms with E-state index in [0.717, 1.165) is 18.6 Å². The predicted octanol–water partition coefficient (Wildman–Crippen LogP) is 4.61. The van der Waals surface area contributed by atoms with Crippen LogP contribution in [0.4, 0.5) is 13.2 Å². The highest BCUT2D eigenvalue weighted by atomic mass is 35.5. The maximum absolute atomic E-state index is 12.0. The zero-order chi connectivity index (χ0) is 13.8. The smallest absolute Gasteiger partial charge is 0.406 e. The minimum atomic E-state index is -4.78. The van der Waals surface area contributed by atoms with Crippen molar-refractivity contribution in [3.63, 3.8) is 0 Å². The number of alkyl halides is 3. The molecule has 0 N–H and O–H groups in total. The highest BCUT2D eigenvalue weighted by Gasteiger charge is 2.31. The van der Waals surface area contributed by atoms with Gasteiger partial charge in [0.1, 0.15) is 5.75 Å². The van der Waals surface area contributed by atoms with Gasteiger partial charge in [-0.1, -0.05) is 24.9 Å². The van der Waals surface area contributed by atoms with Crippen LogP contribution in [0.2, 0.25) is 5.02 Å². The van der Waals surface area contributed by atoms with Crippen molar-refractivity contribution in [3.8, 4) is 5.75 Å². The second kappa shape index (κ2) is 6.09. The Morgan fingerprint density at radius 3 is 2.61 bits per heavy atom. The van der Waals surface area contributed by atoms with Crippen LogP contribution in [-0.2, 0) is 0 Å². The number of carbonyl (C=O) groups excluding carboxylic acids is 1. The highest BCUT2D eigenvalue weighted by Crippen LogP contribution is 2.28. The molecule has 0 saturated carbocycles. The molecule has 0 aliphatic rings. The molecule has 0 aromatic heterocycles. The van der Waals surface area contributed by atoms with E-state index in [-0.39, 0.29) is 22.8 Å². The molecular formula is C12H12ClF3O2. The van der Waals surface area contributed by atoms with Gasteiger partial charge in [0.2, 0.25) is 0 Å². The Balaban J connectivity index is 2.91. The van der Waals surface area contributed by atoms with Crippen LogP contribution in [0.15, 0.2) is 18.2 Å². The standard InChI is InChI=1S/C12H12ClF3O2/c1-2-3-4-11(17)9-7-8(5-6-10(9)13)18-12(14,15)16/h5-7H,2-4H2,1H3. The van der Waals surface area contributed by atoms with Gasteiger partial charge < -0.3 is 4.74 Å². The van der Waals surface area contributed by atoms with Crippen molar-refractivity contribution in [2.75, 3.05) is 0 Å². The second-order valence-electron chi connectivity index (χ2n) is 3.72. The summed E-state index contributed by atoms with van der Waals surface area (Å²) in [7, 11) is 0. The van der Waals surface area contributed by atoms with E-state index in [4.69, 9.17) is 11.6 Å². The molecule has 0 aliphatic heterocycles. The largest absolute Gasteiger partial charge is 0.573 e. The van der Waals surface area contributed by atoms with Crippen LogP contribution in [0.25, 0.3) is 0 Å². The number of halogens is 4. The monoisotopic (exact) mass is 280 g/mol. The SMILES string of the molecule is CCCCC(=O)c1cc(OC(F)(F)F)ccc1Cl.